The standard InChI is InChI=1S/C17H22FN5S/c1-13-14(11-21(2)20-13)12-22-7-9-23(10-8-22)17(24)19-16-6-4-3-5-15(16)18/h3-6,11H,7-10,12H2,1-2H3,(H,19,24). The summed E-state index contributed by atoms with van der Waals surface area (Å²) in [6.07, 6.45) is 2.08. The molecule has 1 fully saturated rings. The van der Waals surface area contributed by atoms with Crippen molar-refractivity contribution in [3.05, 3.63) is 47.5 Å². The minimum atomic E-state index is -0.287. The van der Waals surface area contributed by atoms with E-state index in [-0.39, 0.29) is 5.82 Å². The van der Waals surface area contributed by atoms with Crippen molar-refractivity contribution >= 4 is 23.0 Å². The number of thiocarbonyl (C=S) groups is 1. The van der Waals surface area contributed by atoms with Crippen LogP contribution >= 0.6 is 12.2 Å². The van der Waals surface area contributed by atoms with Crippen molar-refractivity contribution in [2.24, 2.45) is 7.05 Å². The minimum Gasteiger partial charge on any atom is -0.346 e. The van der Waals surface area contributed by atoms with Crippen LogP contribution in [-0.4, -0.2) is 50.9 Å². The maximum atomic E-state index is 13.7. The highest BCUT2D eigenvalue weighted by atomic mass is 32.1. The van der Waals surface area contributed by atoms with Gasteiger partial charge in [-0.3, -0.25) is 9.58 Å². The smallest absolute Gasteiger partial charge is 0.173 e. The summed E-state index contributed by atoms with van der Waals surface area (Å²) in [4.78, 5) is 4.49. The predicted octanol–water partition coefficient (Wildman–Crippen LogP) is 2.38. The number of para-hydroxylation sites is 1. The lowest BCUT2D eigenvalue weighted by atomic mass is 10.2. The SMILES string of the molecule is Cc1nn(C)cc1CN1CCN(C(=S)Nc2ccccc2F)CC1. The summed E-state index contributed by atoms with van der Waals surface area (Å²) in [5.41, 5.74) is 2.77. The van der Waals surface area contributed by atoms with Crippen LogP contribution in [0.5, 0.6) is 0 Å². The predicted molar refractivity (Wildman–Crippen MR) is 97.4 cm³/mol. The molecule has 1 aromatic carbocycles. The third kappa shape index (κ3) is 3.91. The first-order chi connectivity index (χ1) is 11.5. The Morgan fingerprint density at radius 3 is 2.58 bits per heavy atom. The summed E-state index contributed by atoms with van der Waals surface area (Å²) >= 11 is 5.42. The summed E-state index contributed by atoms with van der Waals surface area (Å²) in [5.74, 6) is -0.287. The largest absolute Gasteiger partial charge is 0.346 e. The van der Waals surface area contributed by atoms with E-state index in [2.05, 4.69) is 26.4 Å². The highest BCUT2D eigenvalue weighted by molar-refractivity contribution is 7.80. The molecule has 0 saturated carbocycles. The van der Waals surface area contributed by atoms with E-state index >= 15 is 0 Å². The molecule has 0 radical (unpaired) electrons. The molecule has 24 heavy (non-hydrogen) atoms. The van der Waals surface area contributed by atoms with Crippen molar-refractivity contribution < 1.29 is 4.39 Å². The van der Waals surface area contributed by atoms with E-state index in [0.717, 1.165) is 38.4 Å². The Labute approximate surface area is 147 Å². The molecule has 128 valence electrons. The number of aromatic nitrogens is 2. The fraction of sp³-hybridized carbons (Fsp3) is 0.412. The molecule has 1 aliphatic heterocycles. The van der Waals surface area contributed by atoms with Crippen LogP contribution in [0, 0.1) is 12.7 Å². The molecule has 0 aliphatic carbocycles. The van der Waals surface area contributed by atoms with E-state index in [1.807, 2.05) is 18.7 Å². The Morgan fingerprint density at radius 1 is 1.25 bits per heavy atom. The zero-order valence-corrected chi connectivity index (χ0v) is 14.8. The van der Waals surface area contributed by atoms with Gasteiger partial charge < -0.3 is 10.2 Å². The average Bonchev–Trinajstić information content (AvgIpc) is 2.88. The van der Waals surface area contributed by atoms with E-state index in [1.54, 1.807) is 18.2 Å². The van der Waals surface area contributed by atoms with Gasteiger partial charge in [0.15, 0.2) is 5.11 Å². The topological polar surface area (TPSA) is 36.3 Å². The Hall–Kier alpha value is -1.99. The zero-order valence-electron chi connectivity index (χ0n) is 14.0. The van der Waals surface area contributed by atoms with Crippen LogP contribution in [0.15, 0.2) is 30.5 Å². The third-order valence-corrected chi connectivity index (χ3v) is 4.64. The van der Waals surface area contributed by atoms with Gasteiger partial charge in [-0.05, 0) is 31.3 Å². The van der Waals surface area contributed by atoms with Gasteiger partial charge in [-0.2, -0.15) is 5.10 Å². The molecule has 0 unspecified atom stereocenters. The van der Waals surface area contributed by atoms with Gasteiger partial charge in [0.1, 0.15) is 5.82 Å². The number of hydrogen-bond donors (Lipinski definition) is 1. The van der Waals surface area contributed by atoms with Gasteiger partial charge in [0.2, 0.25) is 0 Å². The van der Waals surface area contributed by atoms with Crippen LogP contribution in [0.3, 0.4) is 0 Å². The van der Waals surface area contributed by atoms with Crippen LogP contribution in [0.4, 0.5) is 10.1 Å². The van der Waals surface area contributed by atoms with Crippen LogP contribution in [0.1, 0.15) is 11.3 Å². The van der Waals surface area contributed by atoms with Crippen LogP contribution in [-0.2, 0) is 13.6 Å². The number of halogens is 1. The highest BCUT2D eigenvalue weighted by Gasteiger charge is 2.20. The lowest BCUT2D eigenvalue weighted by molar-refractivity contribution is 0.176. The summed E-state index contributed by atoms with van der Waals surface area (Å²) in [5, 5.41) is 7.98. The monoisotopic (exact) mass is 347 g/mol. The summed E-state index contributed by atoms with van der Waals surface area (Å²) in [7, 11) is 1.95. The molecule has 0 amide bonds. The number of anilines is 1. The van der Waals surface area contributed by atoms with Crippen molar-refractivity contribution in [1.29, 1.82) is 0 Å². The molecule has 3 rings (SSSR count). The van der Waals surface area contributed by atoms with Gasteiger partial charge in [0.25, 0.3) is 0 Å². The molecule has 1 aromatic heterocycles. The third-order valence-electron chi connectivity index (χ3n) is 4.28. The van der Waals surface area contributed by atoms with Gasteiger partial charge in [-0.25, -0.2) is 4.39 Å². The Balaban J connectivity index is 1.52. The van der Waals surface area contributed by atoms with Crippen molar-refractivity contribution in [3.63, 3.8) is 0 Å². The molecule has 5 nitrogen and oxygen atoms in total. The fourth-order valence-corrected chi connectivity index (χ4v) is 3.20. The van der Waals surface area contributed by atoms with Gasteiger partial charge in [0, 0.05) is 51.5 Å². The molecule has 1 N–H and O–H groups in total. The van der Waals surface area contributed by atoms with Crippen molar-refractivity contribution in [2.75, 3.05) is 31.5 Å². The zero-order chi connectivity index (χ0) is 17.1. The molecule has 0 bridgehead atoms. The number of benzene rings is 1. The number of nitrogens with zero attached hydrogens (tertiary/aromatic N) is 4. The number of aryl methyl sites for hydroxylation is 2. The molecule has 2 aromatic rings. The number of rotatable bonds is 3. The quantitative estimate of drug-likeness (QED) is 0.863. The Kier molecular flexibility index (Phi) is 5.11. The van der Waals surface area contributed by atoms with Crippen LogP contribution in [0.2, 0.25) is 0 Å². The fourth-order valence-electron chi connectivity index (χ4n) is 2.91. The molecular formula is C17H22FN5S. The van der Waals surface area contributed by atoms with Gasteiger partial charge in [-0.15, -0.1) is 0 Å². The maximum Gasteiger partial charge on any atom is 0.173 e. The van der Waals surface area contributed by atoms with Crippen molar-refractivity contribution in [3.8, 4) is 0 Å². The second-order valence-electron chi connectivity index (χ2n) is 6.09. The van der Waals surface area contributed by atoms with E-state index in [4.69, 9.17) is 12.2 Å². The second kappa shape index (κ2) is 7.27. The average molecular weight is 347 g/mol. The molecule has 1 aliphatic rings. The molecular weight excluding hydrogens is 325 g/mol. The van der Waals surface area contributed by atoms with Crippen molar-refractivity contribution in [2.45, 2.75) is 13.5 Å². The van der Waals surface area contributed by atoms with Crippen molar-refractivity contribution in [1.82, 2.24) is 19.6 Å². The molecule has 7 heteroatoms. The van der Waals surface area contributed by atoms with E-state index in [9.17, 15) is 4.39 Å². The minimum absolute atomic E-state index is 0.287. The molecule has 0 atom stereocenters. The number of nitrogens with one attached hydrogen (secondary N) is 1. The summed E-state index contributed by atoms with van der Waals surface area (Å²) < 4.78 is 15.6. The molecule has 2 heterocycles. The summed E-state index contributed by atoms with van der Waals surface area (Å²) in [6.45, 7) is 6.46. The first kappa shape index (κ1) is 16.9. The number of hydrogen-bond acceptors (Lipinski definition) is 3. The van der Waals surface area contributed by atoms with E-state index in [1.165, 1.54) is 11.6 Å². The Morgan fingerprint density at radius 2 is 1.96 bits per heavy atom. The van der Waals surface area contributed by atoms with Crippen LogP contribution in [0.25, 0.3) is 0 Å². The Bertz CT molecular complexity index is 722. The first-order valence-corrected chi connectivity index (χ1v) is 8.45. The van der Waals surface area contributed by atoms with E-state index < -0.39 is 0 Å². The van der Waals surface area contributed by atoms with E-state index in [0.29, 0.717) is 10.8 Å². The maximum absolute atomic E-state index is 13.7. The molecule has 1 saturated heterocycles. The molecule has 0 spiro atoms. The number of piperazine rings is 1. The second-order valence-corrected chi connectivity index (χ2v) is 6.47. The van der Waals surface area contributed by atoms with Gasteiger partial charge >= 0.3 is 0 Å². The first-order valence-electron chi connectivity index (χ1n) is 8.05. The van der Waals surface area contributed by atoms with Gasteiger partial charge in [-0.1, -0.05) is 12.1 Å². The lowest BCUT2D eigenvalue weighted by Crippen LogP contribution is -2.49. The normalized spacial score (nSPS) is 15.5. The lowest BCUT2D eigenvalue weighted by Gasteiger charge is -2.36. The van der Waals surface area contributed by atoms with Gasteiger partial charge in [0.05, 0.1) is 11.4 Å². The summed E-state index contributed by atoms with van der Waals surface area (Å²) in [6, 6.07) is 6.59. The highest BCUT2D eigenvalue weighted by Crippen LogP contribution is 2.15. The van der Waals surface area contributed by atoms with Crippen LogP contribution < -0.4 is 5.32 Å².